The number of nitro benzene ring substituents is 1. The van der Waals surface area contributed by atoms with E-state index in [-0.39, 0.29) is 22.8 Å². The first-order valence-electron chi connectivity index (χ1n) is 8.37. The summed E-state index contributed by atoms with van der Waals surface area (Å²) in [6.45, 7) is -0.0117. The van der Waals surface area contributed by atoms with Crippen molar-refractivity contribution in [3.05, 3.63) is 86.3 Å². The highest BCUT2D eigenvalue weighted by Gasteiger charge is 2.18. The maximum absolute atomic E-state index is 12.2. The molecule has 0 saturated carbocycles. The zero-order valence-corrected chi connectivity index (χ0v) is 16.1. The van der Waals surface area contributed by atoms with Gasteiger partial charge in [-0.2, -0.15) is 5.26 Å². The van der Waals surface area contributed by atoms with Crippen molar-refractivity contribution in [2.24, 2.45) is 0 Å². The lowest BCUT2D eigenvalue weighted by atomic mass is 10.1. The van der Waals surface area contributed by atoms with E-state index in [1.54, 1.807) is 48.5 Å². The molecule has 0 aliphatic heterocycles. The van der Waals surface area contributed by atoms with E-state index in [4.69, 9.17) is 4.74 Å². The molecule has 3 aromatic rings. The van der Waals surface area contributed by atoms with E-state index < -0.39 is 21.3 Å². The average molecular weight is 409 g/mol. The summed E-state index contributed by atoms with van der Waals surface area (Å²) in [6.07, 6.45) is 2.80. The Morgan fingerprint density at radius 2 is 2.00 bits per heavy atom. The molecule has 1 heterocycles. The molecule has 8 nitrogen and oxygen atoms in total. The summed E-state index contributed by atoms with van der Waals surface area (Å²) in [5.41, 5.74) is 0.613. The zero-order chi connectivity index (χ0) is 21.0. The molecule has 2 aromatic carbocycles. The molecule has 1 aromatic heterocycles. The number of hydrogen-bond donors (Lipinski definition) is 1. The maximum Gasteiger partial charge on any atom is 0.276 e. The average Bonchev–Trinajstić information content (AvgIpc) is 2.72. The fraction of sp³-hybridized carbons (Fsp3) is 0.100. The van der Waals surface area contributed by atoms with E-state index in [9.17, 15) is 24.4 Å². The number of aromatic nitrogens is 1. The number of nitrogens with zero attached hydrogens (tertiary/aromatic N) is 2. The number of benzene rings is 2. The van der Waals surface area contributed by atoms with Gasteiger partial charge in [0.1, 0.15) is 24.0 Å². The maximum atomic E-state index is 12.2. The van der Waals surface area contributed by atoms with Gasteiger partial charge in [0.15, 0.2) is 0 Å². The Hall–Kier alpha value is -3.77. The molecular formula is C20H15N3O5S. The Labute approximate surface area is 168 Å². The molecule has 0 amide bonds. The van der Waals surface area contributed by atoms with Crippen molar-refractivity contribution in [1.29, 1.82) is 5.26 Å². The third-order valence-corrected chi connectivity index (χ3v) is 5.17. The molecule has 1 atom stereocenters. The summed E-state index contributed by atoms with van der Waals surface area (Å²) in [5, 5.41) is 20.4. The van der Waals surface area contributed by atoms with Gasteiger partial charge in [-0.1, -0.05) is 24.3 Å². The van der Waals surface area contributed by atoms with Crippen LogP contribution in [0.2, 0.25) is 0 Å². The van der Waals surface area contributed by atoms with Crippen molar-refractivity contribution in [3.63, 3.8) is 0 Å². The van der Waals surface area contributed by atoms with Crippen LogP contribution in [0.5, 0.6) is 5.75 Å². The molecular weight excluding hydrogens is 394 g/mol. The minimum atomic E-state index is -1.57. The highest BCUT2D eigenvalue weighted by Crippen LogP contribution is 2.29. The fourth-order valence-electron chi connectivity index (χ4n) is 2.85. The lowest BCUT2D eigenvalue weighted by Gasteiger charge is -2.11. The number of hydrogen-bond acceptors (Lipinski definition) is 6. The van der Waals surface area contributed by atoms with E-state index in [1.807, 2.05) is 0 Å². The monoisotopic (exact) mass is 409 g/mol. The van der Waals surface area contributed by atoms with E-state index in [0.29, 0.717) is 22.4 Å². The Kier molecular flexibility index (Phi) is 5.85. The molecule has 0 spiro atoms. The van der Waals surface area contributed by atoms with Crippen LogP contribution >= 0.6 is 0 Å². The van der Waals surface area contributed by atoms with Crippen molar-refractivity contribution >= 4 is 16.5 Å². The summed E-state index contributed by atoms with van der Waals surface area (Å²) in [5.74, 6) is 0.429. The van der Waals surface area contributed by atoms with Crippen LogP contribution in [0, 0.1) is 21.4 Å². The van der Waals surface area contributed by atoms with Crippen LogP contribution in [0.25, 0.3) is 11.1 Å². The van der Waals surface area contributed by atoms with Gasteiger partial charge in [0.05, 0.1) is 26.2 Å². The van der Waals surface area contributed by atoms with Crippen LogP contribution in [0.15, 0.2) is 64.4 Å². The Morgan fingerprint density at radius 1 is 1.24 bits per heavy atom. The van der Waals surface area contributed by atoms with Crippen molar-refractivity contribution in [3.8, 4) is 22.9 Å². The first-order chi connectivity index (χ1) is 13.9. The van der Waals surface area contributed by atoms with Crippen molar-refractivity contribution in [2.45, 2.75) is 11.5 Å². The highest BCUT2D eigenvalue weighted by atomic mass is 32.2. The van der Waals surface area contributed by atoms with Crippen molar-refractivity contribution < 1.29 is 13.9 Å². The lowest BCUT2D eigenvalue weighted by Crippen LogP contribution is -2.14. The van der Waals surface area contributed by atoms with Crippen LogP contribution in [-0.4, -0.2) is 20.4 Å². The van der Waals surface area contributed by atoms with Gasteiger partial charge in [0, 0.05) is 24.1 Å². The molecule has 0 aliphatic carbocycles. The number of rotatable bonds is 6. The Morgan fingerprint density at radius 3 is 2.69 bits per heavy atom. The summed E-state index contributed by atoms with van der Waals surface area (Å²) in [6, 6.07) is 14.8. The number of aromatic amines is 1. The third-order valence-electron chi connectivity index (χ3n) is 4.17. The molecule has 29 heavy (non-hydrogen) atoms. The number of nitrogens with one attached hydrogen (secondary N) is 1. The second-order valence-corrected chi connectivity index (χ2v) is 7.32. The SMILES string of the molecule is CS(=O)c1c(-c2cccc(OCc3ccccc3[N+](=O)[O-])c2)c[nH]c(=O)c1C#N. The van der Waals surface area contributed by atoms with Gasteiger partial charge in [0.2, 0.25) is 0 Å². The summed E-state index contributed by atoms with van der Waals surface area (Å²) in [7, 11) is -1.57. The molecule has 0 bridgehead atoms. The molecule has 1 N–H and O–H groups in total. The molecule has 3 rings (SSSR count). The third kappa shape index (κ3) is 4.23. The summed E-state index contributed by atoms with van der Waals surface area (Å²) >= 11 is 0. The summed E-state index contributed by atoms with van der Waals surface area (Å²) < 4.78 is 17.9. The van der Waals surface area contributed by atoms with Crippen LogP contribution in [0.4, 0.5) is 5.69 Å². The topological polar surface area (TPSA) is 126 Å². The van der Waals surface area contributed by atoms with E-state index in [0.717, 1.165) is 0 Å². The number of nitriles is 1. The second kappa shape index (κ2) is 8.50. The van der Waals surface area contributed by atoms with Crippen LogP contribution < -0.4 is 10.3 Å². The van der Waals surface area contributed by atoms with Gasteiger partial charge in [-0.25, -0.2) is 0 Å². The molecule has 9 heteroatoms. The second-order valence-electron chi connectivity index (χ2n) is 6.00. The van der Waals surface area contributed by atoms with E-state index in [1.165, 1.54) is 18.5 Å². The van der Waals surface area contributed by atoms with Gasteiger partial charge < -0.3 is 9.72 Å². The van der Waals surface area contributed by atoms with Crippen LogP contribution in [-0.2, 0) is 17.4 Å². The quantitative estimate of drug-likeness (QED) is 0.492. The molecule has 0 fully saturated rings. The summed E-state index contributed by atoms with van der Waals surface area (Å²) in [4.78, 5) is 25.2. The highest BCUT2D eigenvalue weighted by molar-refractivity contribution is 7.84. The van der Waals surface area contributed by atoms with Crippen LogP contribution in [0.1, 0.15) is 11.1 Å². The smallest absolute Gasteiger partial charge is 0.276 e. The zero-order valence-electron chi connectivity index (χ0n) is 15.2. The predicted molar refractivity (Wildman–Crippen MR) is 107 cm³/mol. The van der Waals surface area contributed by atoms with Gasteiger partial charge in [0.25, 0.3) is 11.2 Å². The minimum Gasteiger partial charge on any atom is -0.489 e. The lowest BCUT2D eigenvalue weighted by molar-refractivity contribution is -0.385. The van der Waals surface area contributed by atoms with Crippen LogP contribution in [0.3, 0.4) is 0 Å². The minimum absolute atomic E-state index is 0.0117. The van der Waals surface area contributed by atoms with Gasteiger partial charge in [-0.05, 0) is 23.8 Å². The van der Waals surface area contributed by atoms with Crippen molar-refractivity contribution in [2.75, 3.05) is 6.26 Å². The number of nitro groups is 1. The first kappa shape index (κ1) is 20.0. The van der Waals surface area contributed by atoms with Gasteiger partial charge >= 0.3 is 0 Å². The fourth-order valence-corrected chi connectivity index (χ4v) is 3.77. The van der Waals surface area contributed by atoms with E-state index >= 15 is 0 Å². The number of pyridine rings is 1. The molecule has 0 aliphatic rings. The predicted octanol–water partition coefficient (Wildman–Crippen LogP) is 3.14. The number of ether oxygens (including phenoxy) is 1. The Bertz CT molecular complexity index is 1210. The first-order valence-corrected chi connectivity index (χ1v) is 9.93. The number of H-pyrrole nitrogens is 1. The van der Waals surface area contributed by atoms with Gasteiger partial charge in [-0.3, -0.25) is 19.1 Å². The standard InChI is InChI=1S/C20H15N3O5S/c1-29(27)19-16(10-21)20(24)22-11-17(19)13-6-4-7-15(9-13)28-12-14-5-2-3-8-18(14)23(25)26/h2-9,11H,12H2,1H3,(H,22,24). The van der Waals surface area contributed by atoms with Crippen molar-refractivity contribution in [1.82, 2.24) is 4.98 Å². The Balaban J connectivity index is 1.96. The van der Waals surface area contributed by atoms with Gasteiger partial charge in [-0.15, -0.1) is 0 Å². The molecule has 1 unspecified atom stereocenters. The number of para-hydroxylation sites is 1. The largest absolute Gasteiger partial charge is 0.489 e. The molecule has 0 saturated heterocycles. The normalized spacial score (nSPS) is 11.4. The molecule has 0 radical (unpaired) electrons. The van der Waals surface area contributed by atoms with E-state index in [2.05, 4.69) is 4.98 Å². The molecule has 146 valence electrons.